The van der Waals surface area contributed by atoms with Crippen molar-refractivity contribution in [3.05, 3.63) is 11.4 Å². The highest BCUT2D eigenvalue weighted by Gasteiger charge is 2.28. The zero-order valence-electron chi connectivity index (χ0n) is 11.8. The molecule has 0 spiro atoms. The maximum atomic E-state index is 11.8. The maximum absolute atomic E-state index is 11.8. The molecule has 2 rings (SSSR count). The fourth-order valence-corrected chi connectivity index (χ4v) is 2.37. The Balaban J connectivity index is 2.26. The Morgan fingerprint density at radius 3 is 2.95 bits per heavy atom. The molecular formula is C13H22N4O2. The highest BCUT2D eigenvalue weighted by molar-refractivity contribution is 5.88. The Kier molecular flexibility index (Phi) is 4.52. The van der Waals surface area contributed by atoms with E-state index in [-0.39, 0.29) is 6.04 Å². The van der Waals surface area contributed by atoms with Crippen LogP contribution in [0.3, 0.4) is 0 Å². The molecule has 0 radical (unpaired) electrons. The normalized spacial score (nSPS) is 19.1. The van der Waals surface area contributed by atoms with Gasteiger partial charge in [-0.1, -0.05) is 19.1 Å². The average molecular weight is 266 g/mol. The van der Waals surface area contributed by atoms with Gasteiger partial charge in [0.2, 0.25) is 0 Å². The smallest absolute Gasteiger partial charge is 0.360 e. The Labute approximate surface area is 113 Å². The van der Waals surface area contributed by atoms with E-state index in [1.54, 1.807) is 0 Å². The Morgan fingerprint density at radius 1 is 1.58 bits per heavy atom. The summed E-state index contributed by atoms with van der Waals surface area (Å²) in [6.45, 7) is 6.10. The lowest BCUT2D eigenvalue weighted by Gasteiger charge is -2.14. The van der Waals surface area contributed by atoms with Crippen molar-refractivity contribution in [1.29, 1.82) is 0 Å². The molecule has 0 amide bonds. The van der Waals surface area contributed by atoms with Crippen molar-refractivity contribution in [1.82, 2.24) is 20.3 Å². The molecule has 0 aliphatic carbocycles. The second kappa shape index (κ2) is 6.14. The highest BCUT2D eigenvalue weighted by Crippen LogP contribution is 2.25. The summed E-state index contributed by atoms with van der Waals surface area (Å²) in [6, 6.07) is 0.163. The number of carbonyl (C=O) groups excluding carboxylic acids is 1. The maximum Gasteiger partial charge on any atom is 0.360 e. The van der Waals surface area contributed by atoms with Gasteiger partial charge in [-0.05, 0) is 31.7 Å². The van der Waals surface area contributed by atoms with Gasteiger partial charge in [0.15, 0.2) is 5.69 Å². The van der Waals surface area contributed by atoms with Gasteiger partial charge in [0.05, 0.1) is 18.8 Å². The number of nitrogens with zero attached hydrogens (tertiary/aromatic N) is 3. The molecule has 106 valence electrons. The molecule has 1 unspecified atom stereocenters. The standard InChI is InChI=1S/C13H22N4O2/c1-9(2)6-8-17-12(10-5-4-7-14-10)11(15-16-17)13(18)19-3/h9-10,14H,4-8H2,1-3H3. The van der Waals surface area contributed by atoms with Gasteiger partial charge in [-0.25, -0.2) is 9.48 Å². The van der Waals surface area contributed by atoms with E-state index in [4.69, 9.17) is 4.74 Å². The van der Waals surface area contributed by atoms with Crippen LogP contribution in [-0.4, -0.2) is 34.6 Å². The molecule has 1 atom stereocenters. The molecule has 2 heterocycles. The van der Waals surface area contributed by atoms with Crippen LogP contribution in [0.5, 0.6) is 0 Å². The van der Waals surface area contributed by atoms with E-state index in [9.17, 15) is 4.79 Å². The molecule has 6 heteroatoms. The van der Waals surface area contributed by atoms with Gasteiger partial charge in [-0.2, -0.15) is 0 Å². The van der Waals surface area contributed by atoms with Gasteiger partial charge in [0.25, 0.3) is 0 Å². The topological polar surface area (TPSA) is 69.0 Å². The Hall–Kier alpha value is -1.43. The first-order valence-corrected chi connectivity index (χ1v) is 6.88. The van der Waals surface area contributed by atoms with Crippen molar-refractivity contribution >= 4 is 5.97 Å². The van der Waals surface area contributed by atoms with Crippen LogP contribution in [0.2, 0.25) is 0 Å². The average Bonchev–Trinajstić information content (AvgIpc) is 3.03. The molecule has 0 bridgehead atoms. The molecular weight excluding hydrogens is 244 g/mol. The molecule has 1 aromatic rings. The molecule has 0 aromatic carbocycles. The van der Waals surface area contributed by atoms with Crippen LogP contribution < -0.4 is 5.32 Å². The van der Waals surface area contributed by atoms with Gasteiger partial charge >= 0.3 is 5.97 Å². The number of aromatic nitrogens is 3. The Bertz CT molecular complexity index is 436. The molecule has 0 saturated carbocycles. The van der Waals surface area contributed by atoms with Gasteiger partial charge in [0, 0.05) is 6.54 Å². The number of ether oxygens (including phenoxy) is 1. The van der Waals surface area contributed by atoms with E-state index in [2.05, 4.69) is 29.5 Å². The number of rotatable bonds is 5. The lowest BCUT2D eigenvalue weighted by molar-refractivity contribution is 0.0591. The summed E-state index contributed by atoms with van der Waals surface area (Å²) in [5.74, 6) is 0.190. The number of hydrogen-bond donors (Lipinski definition) is 1. The lowest BCUT2D eigenvalue weighted by atomic mass is 10.1. The highest BCUT2D eigenvalue weighted by atomic mass is 16.5. The van der Waals surface area contributed by atoms with Gasteiger partial charge in [-0.3, -0.25) is 0 Å². The summed E-state index contributed by atoms with van der Waals surface area (Å²) in [5.41, 5.74) is 1.23. The molecule has 1 aliphatic heterocycles. The third-order valence-electron chi connectivity index (χ3n) is 3.46. The molecule has 19 heavy (non-hydrogen) atoms. The summed E-state index contributed by atoms with van der Waals surface area (Å²) >= 11 is 0. The SMILES string of the molecule is COC(=O)c1nnn(CCC(C)C)c1C1CCCN1. The molecule has 1 saturated heterocycles. The monoisotopic (exact) mass is 266 g/mol. The van der Waals surface area contributed by atoms with Crippen LogP contribution in [0, 0.1) is 5.92 Å². The summed E-state index contributed by atoms with van der Waals surface area (Å²) < 4.78 is 6.65. The predicted molar refractivity (Wildman–Crippen MR) is 70.8 cm³/mol. The van der Waals surface area contributed by atoms with E-state index in [0.717, 1.165) is 38.0 Å². The second-order valence-corrected chi connectivity index (χ2v) is 5.37. The molecule has 1 fully saturated rings. The van der Waals surface area contributed by atoms with Crippen molar-refractivity contribution in [3.8, 4) is 0 Å². The van der Waals surface area contributed by atoms with Crippen LogP contribution in [-0.2, 0) is 11.3 Å². The minimum absolute atomic E-state index is 0.163. The van der Waals surface area contributed by atoms with Gasteiger partial charge in [-0.15, -0.1) is 5.10 Å². The second-order valence-electron chi connectivity index (χ2n) is 5.37. The minimum atomic E-state index is -0.403. The quantitative estimate of drug-likeness (QED) is 0.819. The van der Waals surface area contributed by atoms with E-state index < -0.39 is 5.97 Å². The third-order valence-corrected chi connectivity index (χ3v) is 3.46. The number of hydrogen-bond acceptors (Lipinski definition) is 5. The lowest BCUT2D eigenvalue weighted by Crippen LogP contribution is -2.21. The molecule has 1 aliphatic rings. The number of aryl methyl sites for hydroxylation is 1. The van der Waals surface area contributed by atoms with Crippen molar-refractivity contribution < 1.29 is 9.53 Å². The fraction of sp³-hybridized carbons (Fsp3) is 0.769. The van der Waals surface area contributed by atoms with Crippen molar-refractivity contribution in [3.63, 3.8) is 0 Å². The van der Waals surface area contributed by atoms with E-state index >= 15 is 0 Å². The van der Waals surface area contributed by atoms with Crippen LogP contribution in [0.25, 0.3) is 0 Å². The fourth-order valence-electron chi connectivity index (χ4n) is 2.37. The molecule has 1 N–H and O–H groups in total. The number of methoxy groups -OCH3 is 1. The number of carbonyl (C=O) groups is 1. The van der Waals surface area contributed by atoms with Crippen LogP contribution >= 0.6 is 0 Å². The van der Waals surface area contributed by atoms with E-state index in [1.165, 1.54) is 7.11 Å². The molecule has 6 nitrogen and oxygen atoms in total. The first-order valence-electron chi connectivity index (χ1n) is 6.88. The molecule has 1 aromatic heterocycles. The number of esters is 1. The first kappa shape index (κ1) is 14.0. The summed E-state index contributed by atoms with van der Waals surface area (Å²) in [5, 5.41) is 11.5. The number of nitrogens with one attached hydrogen (secondary N) is 1. The van der Waals surface area contributed by atoms with Crippen LogP contribution in [0.4, 0.5) is 0 Å². The minimum Gasteiger partial charge on any atom is -0.464 e. The Morgan fingerprint density at radius 2 is 2.37 bits per heavy atom. The van der Waals surface area contributed by atoms with Crippen molar-refractivity contribution in [2.45, 2.75) is 45.7 Å². The predicted octanol–water partition coefficient (Wildman–Crippen LogP) is 1.54. The summed E-state index contributed by atoms with van der Waals surface area (Å²) in [6.07, 6.45) is 3.14. The van der Waals surface area contributed by atoms with Crippen LogP contribution in [0.1, 0.15) is 55.3 Å². The zero-order chi connectivity index (χ0) is 13.8. The van der Waals surface area contributed by atoms with Gasteiger partial charge in [0.1, 0.15) is 0 Å². The summed E-state index contributed by atoms with van der Waals surface area (Å²) in [4.78, 5) is 11.8. The first-order chi connectivity index (χ1) is 9.13. The van der Waals surface area contributed by atoms with E-state index in [1.807, 2.05) is 4.68 Å². The summed E-state index contributed by atoms with van der Waals surface area (Å²) in [7, 11) is 1.38. The van der Waals surface area contributed by atoms with E-state index in [0.29, 0.717) is 11.6 Å². The van der Waals surface area contributed by atoms with Crippen molar-refractivity contribution in [2.75, 3.05) is 13.7 Å². The van der Waals surface area contributed by atoms with Crippen molar-refractivity contribution in [2.24, 2.45) is 5.92 Å². The van der Waals surface area contributed by atoms with Gasteiger partial charge < -0.3 is 10.1 Å². The van der Waals surface area contributed by atoms with Crippen LogP contribution in [0.15, 0.2) is 0 Å². The third kappa shape index (κ3) is 3.12. The zero-order valence-corrected chi connectivity index (χ0v) is 11.8. The largest absolute Gasteiger partial charge is 0.464 e.